The third kappa shape index (κ3) is 22.1. The van der Waals surface area contributed by atoms with Crippen LogP contribution >= 0.6 is 0 Å². The molecule has 0 rings (SSSR count). The van der Waals surface area contributed by atoms with Crippen molar-refractivity contribution >= 4 is 56.8 Å². The minimum atomic E-state index is -4.63. The fraction of sp³-hybridized carbons (Fsp3) is 0.625. The molecule has 0 spiro atoms. The molecule has 0 N–H and O–H groups in total. The first-order valence-corrected chi connectivity index (χ1v) is 19.2. The number of carbonyl (C=O) groups excluding carboxylic acids is 6. The van der Waals surface area contributed by atoms with Gasteiger partial charge in [-0.25, -0.2) is 0 Å². The van der Waals surface area contributed by atoms with E-state index in [9.17, 15) is 28.8 Å². The Labute approximate surface area is 275 Å². The topological polar surface area (TPSA) is 158 Å². The molecule has 12 nitrogen and oxygen atoms in total. The van der Waals surface area contributed by atoms with Crippen molar-refractivity contribution in [3.8, 4) is 0 Å². The van der Waals surface area contributed by atoms with Gasteiger partial charge in [0.1, 0.15) is 0 Å². The van der Waals surface area contributed by atoms with Crippen LogP contribution in [0.2, 0.25) is 0 Å². The van der Waals surface area contributed by atoms with Gasteiger partial charge in [0.25, 0.3) is 0 Å². The van der Waals surface area contributed by atoms with E-state index in [4.69, 9.17) is 23.4 Å². The maximum atomic E-state index is 13.0. The molecule has 0 amide bonds. The molecule has 253 valence electrons. The van der Waals surface area contributed by atoms with E-state index in [1.165, 1.54) is 0 Å². The summed E-state index contributed by atoms with van der Waals surface area (Å²) in [6.07, 6.45) is 12.5. The zero-order valence-corrected chi connectivity index (χ0v) is 30.1. The van der Waals surface area contributed by atoms with Gasteiger partial charge >= 0.3 is 276 Å². The molecule has 45 heavy (non-hydrogen) atoms. The van der Waals surface area contributed by atoms with Crippen LogP contribution in [0.3, 0.4) is 0 Å². The average Bonchev–Trinajstić information content (AvgIpc) is 3.00. The summed E-state index contributed by atoms with van der Waals surface area (Å²) in [5, 5.41) is 0. The predicted octanol–water partition coefficient (Wildman–Crippen LogP) is 5.28. The van der Waals surface area contributed by atoms with Gasteiger partial charge in [0, 0.05) is 0 Å². The van der Waals surface area contributed by atoms with Crippen molar-refractivity contribution in [2.24, 2.45) is 5.92 Å². The molecule has 13 heteroatoms. The zero-order chi connectivity index (χ0) is 33.9. The second kappa shape index (κ2) is 27.2. The Morgan fingerprint density at radius 2 is 0.956 bits per heavy atom. The second-order valence-electron chi connectivity index (χ2n) is 9.91. The average molecular weight is 744 g/mol. The summed E-state index contributed by atoms with van der Waals surface area (Å²) in [5.41, 5.74) is 0.111. The third-order valence-electron chi connectivity index (χ3n) is 6.08. The Balaban J connectivity index is 5.92. The maximum absolute atomic E-state index is 13.0. The van der Waals surface area contributed by atoms with Gasteiger partial charge in [0.2, 0.25) is 0 Å². The Morgan fingerprint density at radius 1 is 0.533 bits per heavy atom. The Bertz CT molecular complexity index is 972. The summed E-state index contributed by atoms with van der Waals surface area (Å²) in [7, 11) is 0. The number of esters is 3. The van der Waals surface area contributed by atoms with Gasteiger partial charge < -0.3 is 0 Å². The van der Waals surface area contributed by atoms with Crippen LogP contribution in [-0.2, 0) is 52.2 Å². The first kappa shape index (κ1) is 41.8. The fourth-order valence-electron chi connectivity index (χ4n) is 3.49. The number of unbranched alkanes of at least 4 members (excludes halogenated alkanes) is 5. The Morgan fingerprint density at radius 3 is 1.40 bits per heavy atom. The number of ether oxygens (including phenoxy) is 3. The van der Waals surface area contributed by atoms with Crippen LogP contribution in [0.1, 0.15) is 105 Å². The summed E-state index contributed by atoms with van der Waals surface area (Å²) in [6, 6.07) is 0. The summed E-state index contributed by atoms with van der Waals surface area (Å²) >= 11 is -4.63. The predicted molar refractivity (Wildman–Crippen MR) is 166 cm³/mol. The molecular weight excluding hydrogens is 695 g/mol. The van der Waals surface area contributed by atoms with Crippen molar-refractivity contribution in [3.63, 3.8) is 0 Å². The van der Waals surface area contributed by atoms with Crippen molar-refractivity contribution in [1.82, 2.24) is 0 Å². The van der Waals surface area contributed by atoms with Crippen molar-refractivity contribution in [2.45, 2.75) is 105 Å². The molecule has 0 saturated heterocycles. The van der Waals surface area contributed by atoms with E-state index >= 15 is 0 Å². The quantitative estimate of drug-likeness (QED) is 0.0415. The Hall–Kier alpha value is -3.16. The van der Waals surface area contributed by atoms with E-state index in [-0.39, 0.29) is 31.3 Å². The van der Waals surface area contributed by atoms with Crippen molar-refractivity contribution in [3.05, 3.63) is 36.0 Å². The van der Waals surface area contributed by atoms with Crippen LogP contribution in [0, 0.1) is 5.92 Å². The summed E-state index contributed by atoms with van der Waals surface area (Å²) in [6.45, 7) is 10.3. The third-order valence-corrected chi connectivity index (χ3v) is 9.23. The van der Waals surface area contributed by atoms with Crippen LogP contribution in [0.5, 0.6) is 0 Å². The molecule has 0 aromatic carbocycles. The number of hydrogen-bond acceptors (Lipinski definition) is 12. The number of hydrogen-bond donors (Lipinski definition) is 0. The number of rotatable bonds is 24. The molecule has 1 radical (unpaired) electrons. The van der Waals surface area contributed by atoms with E-state index < -0.39 is 56.8 Å². The van der Waals surface area contributed by atoms with E-state index in [2.05, 4.69) is 6.92 Å². The molecule has 0 bridgehead atoms. The minimum absolute atomic E-state index is 0.111. The van der Waals surface area contributed by atoms with Gasteiger partial charge in [-0.2, -0.15) is 0 Å². The van der Waals surface area contributed by atoms with Crippen LogP contribution in [0.4, 0.5) is 0 Å². The molecule has 1 atom stereocenters. The summed E-state index contributed by atoms with van der Waals surface area (Å²) < 4.78 is 30.8. The first-order valence-electron chi connectivity index (χ1n) is 15.7. The number of carbonyl (C=O) groups is 6. The van der Waals surface area contributed by atoms with Crippen LogP contribution in [-0.4, -0.2) is 76.6 Å². The molecule has 0 aliphatic rings. The van der Waals surface area contributed by atoms with E-state index in [1.54, 1.807) is 0 Å². The van der Waals surface area contributed by atoms with Crippen molar-refractivity contribution < 1.29 is 52.2 Å². The SMILES string of the molecule is CCCCCC(CC)/C(=C/C(=O)[O][Sn]([O]C(=O)/C=C\C(=O)OCCCC)[O]C(=O)/C=C\C(=O)OCCCC)C(=O)OCCCC. The van der Waals surface area contributed by atoms with Gasteiger partial charge in [-0.15, -0.1) is 0 Å². The Kier molecular flexibility index (Phi) is 25.3. The monoisotopic (exact) mass is 745 g/mol. The van der Waals surface area contributed by atoms with Crippen LogP contribution in [0.15, 0.2) is 36.0 Å². The van der Waals surface area contributed by atoms with Gasteiger partial charge in [0.05, 0.1) is 0 Å². The van der Waals surface area contributed by atoms with E-state index in [0.29, 0.717) is 32.1 Å². The van der Waals surface area contributed by atoms with Crippen molar-refractivity contribution in [1.29, 1.82) is 0 Å². The van der Waals surface area contributed by atoms with Gasteiger partial charge in [-0.1, -0.05) is 0 Å². The fourth-order valence-corrected chi connectivity index (χ4v) is 5.81. The van der Waals surface area contributed by atoms with Gasteiger partial charge in [0.15, 0.2) is 0 Å². The van der Waals surface area contributed by atoms with E-state index in [1.807, 2.05) is 27.7 Å². The van der Waals surface area contributed by atoms with Gasteiger partial charge in [-0.05, 0) is 0 Å². The van der Waals surface area contributed by atoms with Crippen LogP contribution < -0.4 is 0 Å². The molecular formula is C32H49O12Sn. The van der Waals surface area contributed by atoms with E-state index in [0.717, 1.165) is 68.9 Å². The molecule has 1 unspecified atom stereocenters. The molecule has 0 fully saturated rings. The van der Waals surface area contributed by atoms with Gasteiger partial charge in [-0.3, -0.25) is 0 Å². The summed E-state index contributed by atoms with van der Waals surface area (Å²) in [4.78, 5) is 74.4. The molecule has 0 aromatic rings. The first-order chi connectivity index (χ1) is 21.6. The molecule has 0 saturated carbocycles. The zero-order valence-electron chi connectivity index (χ0n) is 27.3. The molecule has 0 aromatic heterocycles. The molecule has 0 heterocycles. The normalized spacial score (nSPS) is 12.2. The summed E-state index contributed by atoms with van der Waals surface area (Å²) in [5.74, 6) is -5.81. The van der Waals surface area contributed by atoms with Crippen LogP contribution in [0.25, 0.3) is 0 Å². The molecule has 0 aliphatic heterocycles. The van der Waals surface area contributed by atoms with Crippen molar-refractivity contribution in [2.75, 3.05) is 19.8 Å². The standard InChI is InChI=1S/C16H28O4.2C8H12O4.Sn/c1-4-7-9-10-13(6-3)14(12-15(17)18)16(19)20-11-8-5-2;2*1-2-3-6-12-8(11)5-4-7(9)10;/h12-13H,4-11H2,1-3H3,(H,17,18);2*4-5H,2-3,6H2,1H3,(H,9,10);/q;;;+3/p-3/b14-12-;2*5-4-;. The molecule has 0 aliphatic carbocycles. The second-order valence-corrected chi connectivity index (χ2v) is 13.1.